The lowest BCUT2D eigenvalue weighted by Gasteiger charge is -2.12. The van der Waals surface area contributed by atoms with Gasteiger partial charge in [0.25, 0.3) is 0 Å². The molecule has 4 nitrogen and oxygen atoms in total. The molecule has 0 atom stereocenters. The van der Waals surface area contributed by atoms with Gasteiger partial charge in [0.1, 0.15) is 0 Å². The minimum absolute atomic E-state index is 0.0186. The molecule has 3 aromatic carbocycles. The van der Waals surface area contributed by atoms with Crippen LogP contribution in [0.15, 0.2) is 77.6 Å². The van der Waals surface area contributed by atoms with Crippen molar-refractivity contribution in [2.24, 2.45) is 0 Å². The van der Waals surface area contributed by atoms with Gasteiger partial charge in [-0.15, -0.1) is 0 Å². The van der Waals surface area contributed by atoms with Gasteiger partial charge in [0, 0.05) is 29.2 Å². The lowest BCUT2D eigenvalue weighted by atomic mass is 10.0. The average molecular weight is 496 g/mol. The lowest BCUT2D eigenvalue weighted by Crippen LogP contribution is -2.30. The fourth-order valence-corrected chi connectivity index (χ4v) is 4.06. The van der Waals surface area contributed by atoms with Gasteiger partial charge >= 0.3 is 6.18 Å². The Morgan fingerprint density at radius 1 is 0.914 bits per heavy atom. The summed E-state index contributed by atoms with van der Waals surface area (Å²) in [5, 5.41) is 6.84. The van der Waals surface area contributed by atoms with Gasteiger partial charge in [-0.2, -0.15) is 13.2 Å². The van der Waals surface area contributed by atoms with Crippen molar-refractivity contribution in [3.63, 3.8) is 0 Å². The van der Waals surface area contributed by atoms with E-state index in [1.54, 1.807) is 6.07 Å². The van der Waals surface area contributed by atoms with Crippen molar-refractivity contribution in [3.8, 4) is 0 Å². The maximum Gasteiger partial charge on any atom is 0.417 e. The summed E-state index contributed by atoms with van der Waals surface area (Å²) in [6, 6.07) is 21.2. The van der Waals surface area contributed by atoms with Crippen LogP contribution in [0.5, 0.6) is 0 Å². The molecule has 1 heterocycles. The van der Waals surface area contributed by atoms with Crippen LogP contribution in [0.25, 0.3) is 10.9 Å². The third-order valence-corrected chi connectivity index (χ3v) is 5.90. The third kappa shape index (κ3) is 6.48. The molecule has 1 aromatic heterocycles. The largest absolute Gasteiger partial charge is 0.417 e. The Morgan fingerprint density at radius 3 is 2.26 bits per heavy atom. The highest BCUT2D eigenvalue weighted by molar-refractivity contribution is 7.80. The van der Waals surface area contributed by atoms with Crippen molar-refractivity contribution in [3.05, 3.63) is 111 Å². The first-order valence-electron chi connectivity index (χ1n) is 11.1. The van der Waals surface area contributed by atoms with E-state index in [9.17, 15) is 18.0 Å². The lowest BCUT2D eigenvalue weighted by molar-refractivity contribution is -0.136. The average Bonchev–Trinajstić information content (AvgIpc) is 2.81. The van der Waals surface area contributed by atoms with Crippen molar-refractivity contribution in [2.45, 2.75) is 25.9 Å². The smallest absolute Gasteiger partial charge is 0.362 e. The number of aromatic amines is 1. The van der Waals surface area contributed by atoms with Crippen LogP contribution in [0.1, 0.15) is 27.8 Å². The molecular weight excluding hydrogens is 471 g/mol. The molecule has 4 rings (SSSR count). The second-order valence-electron chi connectivity index (χ2n) is 8.42. The number of aryl methyl sites for hydroxylation is 1. The van der Waals surface area contributed by atoms with Crippen LogP contribution in [0.3, 0.4) is 0 Å². The third-order valence-electron chi connectivity index (χ3n) is 5.65. The number of H-pyrrole nitrogens is 1. The van der Waals surface area contributed by atoms with Gasteiger partial charge in [-0.1, -0.05) is 48.0 Å². The summed E-state index contributed by atoms with van der Waals surface area (Å²) in [4.78, 5) is 14.1. The summed E-state index contributed by atoms with van der Waals surface area (Å²) in [5.74, 6) is 0. The van der Waals surface area contributed by atoms with Crippen LogP contribution in [0.2, 0.25) is 0 Å². The summed E-state index contributed by atoms with van der Waals surface area (Å²) in [5.41, 5.74) is 3.39. The molecule has 8 heteroatoms. The highest BCUT2D eigenvalue weighted by Crippen LogP contribution is 2.33. The number of rotatable bonds is 6. The second-order valence-corrected chi connectivity index (χ2v) is 8.82. The maximum absolute atomic E-state index is 13.4. The molecule has 4 aromatic rings. The van der Waals surface area contributed by atoms with Crippen molar-refractivity contribution < 1.29 is 13.2 Å². The molecule has 0 fully saturated rings. The molecule has 0 bridgehead atoms. The van der Waals surface area contributed by atoms with Gasteiger partial charge in [-0.3, -0.25) is 4.79 Å². The number of alkyl halides is 3. The predicted octanol–water partition coefficient (Wildman–Crippen LogP) is 5.98. The van der Waals surface area contributed by atoms with Gasteiger partial charge in [0.05, 0.1) is 5.56 Å². The van der Waals surface area contributed by atoms with E-state index in [1.165, 1.54) is 23.3 Å². The predicted molar refractivity (Wildman–Crippen MR) is 138 cm³/mol. The molecule has 0 aliphatic heterocycles. The summed E-state index contributed by atoms with van der Waals surface area (Å²) in [6.45, 7) is 2.76. The Kier molecular flexibility index (Phi) is 7.21. The normalized spacial score (nSPS) is 11.4. The Hall–Kier alpha value is -3.65. The summed E-state index contributed by atoms with van der Waals surface area (Å²) >= 11 is 5.37. The summed E-state index contributed by atoms with van der Waals surface area (Å²) < 4.78 is 40.2. The second kappa shape index (κ2) is 10.3. The van der Waals surface area contributed by atoms with E-state index in [-0.39, 0.29) is 10.9 Å². The first-order chi connectivity index (χ1) is 16.7. The standard InChI is InChI=1S/C27H24F3N3OS/c1-17-2-4-18(5-3-17)12-13-31-26(35)32-21-9-6-19(7-10-21)14-20-8-11-24-22(15-20)23(27(28,29)30)16-25(34)33-24/h2-11,15-16H,12-14H2,1H3,(H,33,34)(H2,31,32,35). The minimum atomic E-state index is -4.61. The Bertz CT molecular complexity index is 1390. The van der Waals surface area contributed by atoms with E-state index in [2.05, 4.69) is 46.8 Å². The van der Waals surface area contributed by atoms with E-state index in [0.717, 1.165) is 17.7 Å². The molecule has 0 amide bonds. The number of aromatic nitrogens is 1. The topological polar surface area (TPSA) is 56.9 Å². The number of anilines is 1. The Balaban J connectivity index is 1.37. The number of benzene rings is 3. The quantitative estimate of drug-likeness (QED) is 0.288. The number of pyridine rings is 1. The minimum Gasteiger partial charge on any atom is -0.362 e. The fourth-order valence-electron chi connectivity index (χ4n) is 3.84. The van der Waals surface area contributed by atoms with Crippen LogP contribution in [-0.4, -0.2) is 16.6 Å². The number of fused-ring (bicyclic) bond motifs is 1. The number of nitrogens with one attached hydrogen (secondary N) is 3. The van der Waals surface area contributed by atoms with Crippen molar-refractivity contribution in [2.75, 3.05) is 11.9 Å². The van der Waals surface area contributed by atoms with E-state index in [1.807, 2.05) is 24.3 Å². The molecule has 0 aliphatic rings. The van der Waals surface area contributed by atoms with Crippen LogP contribution in [-0.2, 0) is 19.0 Å². The van der Waals surface area contributed by atoms with Gasteiger partial charge < -0.3 is 15.6 Å². The van der Waals surface area contributed by atoms with Crippen LogP contribution in [0.4, 0.5) is 18.9 Å². The van der Waals surface area contributed by atoms with E-state index >= 15 is 0 Å². The highest BCUT2D eigenvalue weighted by Gasteiger charge is 2.33. The molecule has 0 unspecified atom stereocenters. The van der Waals surface area contributed by atoms with Gasteiger partial charge in [-0.05, 0) is 72.9 Å². The zero-order valence-corrected chi connectivity index (χ0v) is 19.8. The number of hydrogen-bond acceptors (Lipinski definition) is 2. The zero-order chi connectivity index (χ0) is 25.0. The van der Waals surface area contributed by atoms with Crippen LogP contribution < -0.4 is 16.2 Å². The van der Waals surface area contributed by atoms with Crippen molar-refractivity contribution in [1.82, 2.24) is 10.3 Å². The number of hydrogen-bond donors (Lipinski definition) is 3. The molecule has 0 aliphatic carbocycles. The molecule has 0 saturated heterocycles. The van der Waals surface area contributed by atoms with E-state index < -0.39 is 17.3 Å². The summed E-state index contributed by atoms with van der Waals surface area (Å²) in [6.07, 6.45) is -3.30. The number of thiocarbonyl (C=S) groups is 1. The molecule has 0 radical (unpaired) electrons. The molecule has 3 N–H and O–H groups in total. The molecule has 35 heavy (non-hydrogen) atoms. The Morgan fingerprint density at radius 2 is 1.57 bits per heavy atom. The first-order valence-corrected chi connectivity index (χ1v) is 11.5. The van der Waals surface area contributed by atoms with Crippen LogP contribution >= 0.6 is 12.2 Å². The molecule has 0 spiro atoms. The van der Waals surface area contributed by atoms with Gasteiger partial charge in [0.15, 0.2) is 5.11 Å². The van der Waals surface area contributed by atoms with Crippen molar-refractivity contribution >= 4 is 33.9 Å². The maximum atomic E-state index is 13.4. The summed E-state index contributed by atoms with van der Waals surface area (Å²) in [7, 11) is 0. The molecule has 0 saturated carbocycles. The van der Waals surface area contributed by atoms with Gasteiger partial charge in [0.2, 0.25) is 5.56 Å². The highest BCUT2D eigenvalue weighted by atomic mass is 32.1. The van der Waals surface area contributed by atoms with E-state index in [0.29, 0.717) is 29.7 Å². The van der Waals surface area contributed by atoms with Crippen LogP contribution in [0, 0.1) is 6.92 Å². The van der Waals surface area contributed by atoms with Gasteiger partial charge in [-0.25, -0.2) is 0 Å². The monoisotopic (exact) mass is 495 g/mol. The van der Waals surface area contributed by atoms with Crippen molar-refractivity contribution in [1.29, 1.82) is 0 Å². The molecule has 180 valence electrons. The molecular formula is C27H24F3N3OS. The fraction of sp³-hybridized carbons (Fsp3) is 0.185. The number of halogens is 3. The first kappa shape index (κ1) is 24.5. The van der Waals surface area contributed by atoms with E-state index in [4.69, 9.17) is 12.2 Å². The SMILES string of the molecule is Cc1ccc(CCNC(=S)Nc2ccc(Cc3ccc4[nH]c(=O)cc(C(F)(F)F)c4c3)cc2)cc1. The zero-order valence-electron chi connectivity index (χ0n) is 19.0. The Labute approximate surface area is 206 Å².